The van der Waals surface area contributed by atoms with Gasteiger partial charge in [0.1, 0.15) is 18.2 Å². The van der Waals surface area contributed by atoms with E-state index >= 15 is 0 Å². The first-order valence-corrected chi connectivity index (χ1v) is 5.89. The molecule has 1 aliphatic heterocycles. The third kappa shape index (κ3) is 2.22. The van der Waals surface area contributed by atoms with E-state index < -0.39 is 6.04 Å². The second-order valence-corrected chi connectivity index (χ2v) is 4.29. The molecule has 1 aromatic carbocycles. The SMILES string of the molecule is O=C(C[C@H]1C(=O)Nc2ncnn21)Nc1ccc(F)cc1. The van der Waals surface area contributed by atoms with Crippen molar-refractivity contribution in [3.05, 3.63) is 36.4 Å². The summed E-state index contributed by atoms with van der Waals surface area (Å²) in [7, 11) is 0. The fourth-order valence-corrected chi connectivity index (χ4v) is 1.97. The molecule has 1 atom stereocenters. The maximum absolute atomic E-state index is 12.7. The lowest BCUT2D eigenvalue weighted by Crippen LogP contribution is -2.23. The van der Waals surface area contributed by atoms with Crippen LogP contribution in [0.15, 0.2) is 30.6 Å². The molecular weight excluding hydrogens is 265 g/mol. The number of hydrogen-bond donors (Lipinski definition) is 2. The minimum atomic E-state index is -0.715. The highest BCUT2D eigenvalue weighted by Crippen LogP contribution is 2.24. The number of benzene rings is 1. The number of carbonyl (C=O) groups is 2. The molecule has 0 bridgehead atoms. The number of carbonyl (C=O) groups excluding carboxylic acids is 2. The maximum Gasteiger partial charge on any atom is 0.252 e. The fourth-order valence-electron chi connectivity index (χ4n) is 1.97. The van der Waals surface area contributed by atoms with Gasteiger partial charge in [-0.3, -0.25) is 14.9 Å². The highest BCUT2D eigenvalue weighted by Gasteiger charge is 2.33. The molecule has 1 aromatic heterocycles. The Morgan fingerprint density at radius 1 is 1.40 bits per heavy atom. The van der Waals surface area contributed by atoms with Crippen molar-refractivity contribution in [1.82, 2.24) is 14.8 Å². The summed E-state index contributed by atoms with van der Waals surface area (Å²) in [6, 6.07) is 4.67. The van der Waals surface area contributed by atoms with Crippen LogP contribution in [0.1, 0.15) is 12.5 Å². The van der Waals surface area contributed by atoms with E-state index in [9.17, 15) is 14.0 Å². The third-order valence-corrected chi connectivity index (χ3v) is 2.91. The molecule has 0 saturated carbocycles. The van der Waals surface area contributed by atoms with E-state index in [1.54, 1.807) is 0 Å². The first-order chi connectivity index (χ1) is 9.63. The van der Waals surface area contributed by atoms with Gasteiger partial charge in [-0.1, -0.05) is 0 Å². The molecule has 0 aliphatic carbocycles. The van der Waals surface area contributed by atoms with Crippen LogP contribution in [0.2, 0.25) is 0 Å². The molecule has 8 heteroatoms. The van der Waals surface area contributed by atoms with E-state index in [1.165, 1.54) is 35.3 Å². The summed E-state index contributed by atoms with van der Waals surface area (Å²) in [5.74, 6) is -0.741. The van der Waals surface area contributed by atoms with Crippen LogP contribution in [0.5, 0.6) is 0 Å². The Labute approximate surface area is 112 Å². The van der Waals surface area contributed by atoms with Crippen LogP contribution in [-0.4, -0.2) is 26.6 Å². The molecule has 1 aliphatic rings. The van der Waals surface area contributed by atoms with Crippen molar-refractivity contribution in [2.45, 2.75) is 12.5 Å². The van der Waals surface area contributed by atoms with Crippen LogP contribution < -0.4 is 10.6 Å². The highest BCUT2D eigenvalue weighted by atomic mass is 19.1. The van der Waals surface area contributed by atoms with E-state index in [-0.39, 0.29) is 24.1 Å². The first-order valence-electron chi connectivity index (χ1n) is 5.89. The molecule has 102 valence electrons. The molecule has 3 rings (SSSR count). The van der Waals surface area contributed by atoms with Gasteiger partial charge in [0, 0.05) is 5.69 Å². The predicted molar refractivity (Wildman–Crippen MR) is 67.3 cm³/mol. The normalized spacial score (nSPS) is 16.6. The van der Waals surface area contributed by atoms with E-state index in [1.807, 2.05) is 0 Å². The van der Waals surface area contributed by atoms with E-state index in [0.717, 1.165) is 0 Å². The Morgan fingerprint density at radius 3 is 2.90 bits per heavy atom. The Morgan fingerprint density at radius 2 is 2.15 bits per heavy atom. The largest absolute Gasteiger partial charge is 0.326 e. The predicted octanol–water partition coefficient (Wildman–Crippen LogP) is 0.939. The average molecular weight is 275 g/mol. The number of fused-ring (bicyclic) bond motifs is 1. The molecular formula is C12H10FN5O2. The Kier molecular flexibility index (Phi) is 2.90. The second-order valence-electron chi connectivity index (χ2n) is 4.29. The molecule has 20 heavy (non-hydrogen) atoms. The van der Waals surface area contributed by atoms with Crippen molar-refractivity contribution >= 4 is 23.5 Å². The van der Waals surface area contributed by atoms with Crippen molar-refractivity contribution in [1.29, 1.82) is 0 Å². The van der Waals surface area contributed by atoms with E-state index in [0.29, 0.717) is 11.6 Å². The number of hydrogen-bond acceptors (Lipinski definition) is 4. The summed E-state index contributed by atoms with van der Waals surface area (Å²) in [6.45, 7) is 0. The van der Waals surface area contributed by atoms with Gasteiger partial charge in [0.25, 0.3) is 5.91 Å². The molecule has 0 radical (unpaired) electrons. The van der Waals surface area contributed by atoms with Gasteiger partial charge in [0.2, 0.25) is 11.9 Å². The van der Waals surface area contributed by atoms with Gasteiger partial charge in [-0.05, 0) is 24.3 Å². The van der Waals surface area contributed by atoms with Gasteiger partial charge in [-0.25, -0.2) is 9.07 Å². The molecule has 7 nitrogen and oxygen atoms in total. The molecule has 2 amide bonds. The average Bonchev–Trinajstić information content (AvgIpc) is 2.96. The zero-order valence-electron chi connectivity index (χ0n) is 10.2. The Hall–Kier alpha value is -2.77. The summed E-state index contributed by atoms with van der Waals surface area (Å²) >= 11 is 0. The van der Waals surface area contributed by atoms with Gasteiger partial charge >= 0.3 is 0 Å². The number of anilines is 2. The van der Waals surface area contributed by atoms with Crippen molar-refractivity contribution in [2.75, 3.05) is 10.6 Å². The van der Waals surface area contributed by atoms with Crippen LogP contribution in [0.25, 0.3) is 0 Å². The monoisotopic (exact) mass is 275 g/mol. The maximum atomic E-state index is 12.7. The molecule has 0 unspecified atom stereocenters. The molecule has 0 fully saturated rings. The molecule has 0 saturated heterocycles. The van der Waals surface area contributed by atoms with Crippen LogP contribution in [0.4, 0.5) is 16.0 Å². The number of aromatic nitrogens is 3. The first kappa shape index (κ1) is 12.3. The topological polar surface area (TPSA) is 88.9 Å². The zero-order valence-corrected chi connectivity index (χ0v) is 10.2. The van der Waals surface area contributed by atoms with Crippen molar-refractivity contribution in [3.63, 3.8) is 0 Å². The Balaban J connectivity index is 1.68. The number of amides is 2. The smallest absolute Gasteiger partial charge is 0.252 e. The lowest BCUT2D eigenvalue weighted by Gasteiger charge is -2.09. The highest BCUT2D eigenvalue weighted by molar-refractivity contribution is 6.00. The molecule has 2 aromatic rings. The summed E-state index contributed by atoms with van der Waals surface area (Å²) in [5, 5.41) is 9.01. The van der Waals surface area contributed by atoms with Gasteiger partial charge in [-0.15, -0.1) is 0 Å². The second kappa shape index (κ2) is 4.72. The van der Waals surface area contributed by atoms with E-state index in [4.69, 9.17) is 0 Å². The van der Waals surface area contributed by atoms with Crippen LogP contribution in [0, 0.1) is 5.82 Å². The van der Waals surface area contributed by atoms with Gasteiger partial charge in [-0.2, -0.15) is 10.1 Å². The van der Waals surface area contributed by atoms with Crippen molar-refractivity contribution in [3.8, 4) is 0 Å². The zero-order chi connectivity index (χ0) is 14.1. The van der Waals surface area contributed by atoms with Gasteiger partial charge in [0.15, 0.2) is 0 Å². The van der Waals surface area contributed by atoms with Crippen molar-refractivity contribution < 1.29 is 14.0 Å². The van der Waals surface area contributed by atoms with Crippen LogP contribution >= 0.6 is 0 Å². The lowest BCUT2D eigenvalue weighted by molar-refractivity contribution is -0.123. The van der Waals surface area contributed by atoms with E-state index in [2.05, 4.69) is 20.7 Å². The van der Waals surface area contributed by atoms with Crippen LogP contribution in [-0.2, 0) is 9.59 Å². The van der Waals surface area contributed by atoms with Crippen LogP contribution in [0.3, 0.4) is 0 Å². The van der Waals surface area contributed by atoms with Gasteiger partial charge in [0.05, 0.1) is 6.42 Å². The Bertz CT molecular complexity index is 667. The standard InChI is InChI=1S/C12H10FN5O2/c13-7-1-3-8(4-2-7)16-10(19)5-9-11(20)17-12-14-6-15-18(9)12/h1-4,6,9H,5H2,(H,16,19)(H,14,15,17,20)/t9-/m0/s1. The minimum absolute atomic E-state index is 0.0699. The number of nitrogens with zero attached hydrogens (tertiary/aromatic N) is 3. The number of rotatable bonds is 3. The quantitative estimate of drug-likeness (QED) is 0.872. The van der Waals surface area contributed by atoms with Crippen molar-refractivity contribution in [2.24, 2.45) is 0 Å². The van der Waals surface area contributed by atoms with Gasteiger partial charge < -0.3 is 5.32 Å². The molecule has 0 spiro atoms. The lowest BCUT2D eigenvalue weighted by atomic mass is 10.2. The molecule has 2 N–H and O–H groups in total. The summed E-state index contributed by atoms with van der Waals surface area (Å²) in [4.78, 5) is 27.4. The number of halogens is 1. The number of nitrogens with one attached hydrogen (secondary N) is 2. The fraction of sp³-hybridized carbons (Fsp3) is 0.167. The third-order valence-electron chi connectivity index (χ3n) is 2.91. The minimum Gasteiger partial charge on any atom is -0.326 e. The summed E-state index contributed by atoms with van der Waals surface area (Å²) in [6.07, 6.45) is 1.24. The summed E-state index contributed by atoms with van der Waals surface area (Å²) < 4.78 is 14.1. The summed E-state index contributed by atoms with van der Waals surface area (Å²) in [5.41, 5.74) is 0.466. The molecule has 2 heterocycles.